The monoisotopic (exact) mass is 323 g/mol. The Bertz CT molecular complexity index is 591. The van der Waals surface area contributed by atoms with Crippen molar-refractivity contribution in [1.29, 1.82) is 0 Å². The Hall–Kier alpha value is -0.700. The van der Waals surface area contributed by atoms with Gasteiger partial charge in [0.15, 0.2) is 8.68 Å². The molecule has 106 valence electrons. The number of nitrogens with zero attached hydrogens (tertiary/aromatic N) is 2. The minimum Gasteiger partial charge on any atom is -0.369 e. The highest BCUT2D eigenvalue weighted by Gasteiger charge is 2.33. The molecule has 1 saturated heterocycles. The Morgan fingerprint density at radius 1 is 1.47 bits per heavy atom. The quantitative estimate of drug-likeness (QED) is 0.897. The van der Waals surface area contributed by atoms with E-state index in [4.69, 9.17) is 17.3 Å². The SMILES string of the molecule is Cc1nc(Cl)sc1S(=O)(=O)N1CCC(C(N)=O)CC1. The van der Waals surface area contributed by atoms with Crippen molar-refractivity contribution in [2.45, 2.75) is 24.0 Å². The summed E-state index contributed by atoms with van der Waals surface area (Å²) >= 11 is 6.69. The van der Waals surface area contributed by atoms with E-state index in [0.717, 1.165) is 11.3 Å². The van der Waals surface area contributed by atoms with E-state index < -0.39 is 10.0 Å². The van der Waals surface area contributed by atoms with E-state index in [1.165, 1.54) is 4.31 Å². The van der Waals surface area contributed by atoms with Gasteiger partial charge in [-0.15, -0.1) is 0 Å². The van der Waals surface area contributed by atoms with Gasteiger partial charge >= 0.3 is 0 Å². The van der Waals surface area contributed by atoms with Crippen LogP contribution in [0.5, 0.6) is 0 Å². The zero-order valence-corrected chi connectivity index (χ0v) is 12.7. The van der Waals surface area contributed by atoms with Crippen LogP contribution in [0.1, 0.15) is 18.5 Å². The van der Waals surface area contributed by atoms with Crippen LogP contribution < -0.4 is 5.73 Å². The fraction of sp³-hybridized carbons (Fsp3) is 0.600. The number of aryl methyl sites for hydroxylation is 1. The Morgan fingerprint density at radius 2 is 2.05 bits per heavy atom. The normalized spacial score (nSPS) is 18.6. The molecule has 0 aromatic carbocycles. The summed E-state index contributed by atoms with van der Waals surface area (Å²) in [6.45, 7) is 2.21. The molecule has 9 heteroatoms. The van der Waals surface area contributed by atoms with Gasteiger partial charge in [-0.1, -0.05) is 22.9 Å². The van der Waals surface area contributed by atoms with Gasteiger partial charge in [-0.25, -0.2) is 13.4 Å². The Morgan fingerprint density at radius 3 is 2.47 bits per heavy atom. The molecule has 1 aliphatic rings. The van der Waals surface area contributed by atoms with E-state index in [2.05, 4.69) is 4.98 Å². The summed E-state index contributed by atoms with van der Waals surface area (Å²) in [5.74, 6) is -0.605. The second-order valence-corrected chi connectivity index (χ2v) is 8.13. The van der Waals surface area contributed by atoms with Crippen molar-refractivity contribution in [2.24, 2.45) is 11.7 Å². The smallest absolute Gasteiger partial charge is 0.254 e. The lowest BCUT2D eigenvalue weighted by atomic mass is 9.98. The topological polar surface area (TPSA) is 93.4 Å². The number of nitrogens with two attached hydrogens (primary N) is 1. The molecule has 6 nitrogen and oxygen atoms in total. The fourth-order valence-electron chi connectivity index (χ4n) is 2.09. The number of primary amides is 1. The number of aromatic nitrogens is 1. The predicted molar refractivity (Wildman–Crippen MR) is 72.5 cm³/mol. The van der Waals surface area contributed by atoms with Gasteiger partial charge in [-0.3, -0.25) is 4.79 Å². The van der Waals surface area contributed by atoms with Gasteiger partial charge in [0.1, 0.15) is 0 Å². The van der Waals surface area contributed by atoms with Crippen LogP contribution in [0, 0.1) is 12.8 Å². The van der Waals surface area contributed by atoms with Gasteiger partial charge in [-0.05, 0) is 19.8 Å². The molecule has 0 bridgehead atoms. The molecule has 0 radical (unpaired) electrons. The molecular formula is C10H14ClN3O3S2. The van der Waals surface area contributed by atoms with Crippen LogP contribution in [0.3, 0.4) is 0 Å². The zero-order chi connectivity index (χ0) is 14.2. The highest BCUT2D eigenvalue weighted by molar-refractivity contribution is 7.91. The summed E-state index contributed by atoms with van der Waals surface area (Å²) < 4.78 is 26.6. The summed E-state index contributed by atoms with van der Waals surface area (Å²) in [6.07, 6.45) is 0.917. The number of carbonyl (C=O) groups excluding carboxylic acids is 1. The molecule has 1 aromatic heterocycles. The van der Waals surface area contributed by atoms with Gasteiger partial charge in [0.05, 0.1) is 5.69 Å². The molecular weight excluding hydrogens is 310 g/mol. The van der Waals surface area contributed by atoms with Crippen LogP contribution >= 0.6 is 22.9 Å². The van der Waals surface area contributed by atoms with E-state index in [1.54, 1.807) is 6.92 Å². The van der Waals surface area contributed by atoms with E-state index >= 15 is 0 Å². The maximum atomic E-state index is 12.4. The fourth-order valence-corrected chi connectivity index (χ4v) is 5.43. The number of piperidine rings is 1. The lowest BCUT2D eigenvalue weighted by Gasteiger charge is -2.29. The minimum absolute atomic E-state index is 0.176. The zero-order valence-electron chi connectivity index (χ0n) is 10.3. The molecule has 1 fully saturated rings. The first-order valence-electron chi connectivity index (χ1n) is 5.74. The third-order valence-electron chi connectivity index (χ3n) is 3.16. The number of halogens is 1. The molecule has 1 aromatic rings. The van der Waals surface area contributed by atoms with Crippen molar-refractivity contribution in [3.63, 3.8) is 0 Å². The minimum atomic E-state index is -3.57. The van der Waals surface area contributed by atoms with Crippen LogP contribution in [0.15, 0.2) is 4.21 Å². The number of hydrogen-bond acceptors (Lipinski definition) is 5. The second-order valence-electron chi connectivity index (χ2n) is 4.42. The van der Waals surface area contributed by atoms with Crippen molar-refractivity contribution >= 4 is 38.9 Å². The maximum Gasteiger partial charge on any atom is 0.254 e. The summed E-state index contributed by atoms with van der Waals surface area (Å²) in [6, 6.07) is 0. The Labute approximate surface area is 120 Å². The largest absolute Gasteiger partial charge is 0.369 e. The molecule has 2 rings (SSSR count). The standard InChI is InChI=1S/C10H14ClN3O3S2/c1-6-9(18-10(11)13-6)19(16,17)14-4-2-7(3-5-14)8(12)15/h7H,2-5H2,1H3,(H2,12,15). The average molecular weight is 324 g/mol. The number of rotatable bonds is 3. The van der Waals surface area contributed by atoms with E-state index in [0.29, 0.717) is 31.6 Å². The van der Waals surface area contributed by atoms with E-state index in [-0.39, 0.29) is 20.5 Å². The summed E-state index contributed by atoms with van der Waals surface area (Å²) in [5.41, 5.74) is 5.64. The highest BCUT2D eigenvalue weighted by Crippen LogP contribution is 2.31. The van der Waals surface area contributed by atoms with Crippen LogP contribution in [-0.4, -0.2) is 36.7 Å². The van der Waals surface area contributed by atoms with Crippen LogP contribution in [0.4, 0.5) is 0 Å². The van der Waals surface area contributed by atoms with Crippen molar-refractivity contribution in [1.82, 2.24) is 9.29 Å². The van der Waals surface area contributed by atoms with Gasteiger partial charge < -0.3 is 5.73 Å². The molecule has 0 spiro atoms. The molecule has 2 heterocycles. The lowest BCUT2D eigenvalue weighted by Crippen LogP contribution is -2.41. The predicted octanol–water partition coefficient (Wildman–Crippen LogP) is 0.991. The van der Waals surface area contributed by atoms with Crippen molar-refractivity contribution in [3.8, 4) is 0 Å². The summed E-state index contributed by atoms with van der Waals surface area (Å²) in [5, 5.41) is 0. The number of amides is 1. The van der Waals surface area contributed by atoms with E-state index in [9.17, 15) is 13.2 Å². The Kier molecular flexibility index (Phi) is 4.14. The van der Waals surface area contributed by atoms with Crippen molar-refractivity contribution in [3.05, 3.63) is 10.2 Å². The molecule has 0 saturated carbocycles. The Balaban J connectivity index is 2.19. The first kappa shape index (κ1) is 14.7. The lowest BCUT2D eigenvalue weighted by molar-refractivity contribution is -0.122. The maximum absolute atomic E-state index is 12.4. The number of hydrogen-bond donors (Lipinski definition) is 1. The molecule has 19 heavy (non-hydrogen) atoms. The number of carbonyl (C=O) groups is 1. The van der Waals surface area contributed by atoms with Crippen LogP contribution in [-0.2, 0) is 14.8 Å². The van der Waals surface area contributed by atoms with Crippen molar-refractivity contribution in [2.75, 3.05) is 13.1 Å². The van der Waals surface area contributed by atoms with Crippen LogP contribution in [0.25, 0.3) is 0 Å². The number of sulfonamides is 1. The van der Waals surface area contributed by atoms with Gasteiger partial charge in [-0.2, -0.15) is 4.31 Å². The first-order chi connectivity index (χ1) is 8.82. The molecule has 0 unspecified atom stereocenters. The van der Waals surface area contributed by atoms with Gasteiger partial charge in [0, 0.05) is 19.0 Å². The third kappa shape index (κ3) is 2.91. The molecule has 0 atom stereocenters. The average Bonchev–Trinajstić information content (AvgIpc) is 2.69. The van der Waals surface area contributed by atoms with E-state index in [1.807, 2.05) is 0 Å². The van der Waals surface area contributed by atoms with Crippen LogP contribution in [0.2, 0.25) is 4.47 Å². The highest BCUT2D eigenvalue weighted by atomic mass is 35.5. The molecule has 1 aliphatic heterocycles. The second kappa shape index (κ2) is 5.35. The first-order valence-corrected chi connectivity index (χ1v) is 8.38. The van der Waals surface area contributed by atoms with Gasteiger partial charge in [0.25, 0.3) is 10.0 Å². The summed E-state index contributed by atoms with van der Waals surface area (Å²) in [4.78, 5) is 15.0. The molecule has 2 N–H and O–H groups in total. The molecule has 0 aliphatic carbocycles. The van der Waals surface area contributed by atoms with Crippen molar-refractivity contribution < 1.29 is 13.2 Å². The third-order valence-corrected chi connectivity index (χ3v) is 6.91. The molecule has 1 amide bonds. The van der Waals surface area contributed by atoms with Gasteiger partial charge in [0.2, 0.25) is 5.91 Å². The number of thiazole rings is 1. The summed E-state index contributed by atoms with van der Waals surface area (Å²) in [7, 11) is -3.57.